The van der Waals surface area contributed by atoms with Crippen LogP contribution in [0.15, 0.2) is 23.4 Å². The quantitative estimate of drug-likeness (QED) is 0.778. The summed E-state index contributed by atoms with van der Waals surface area (Å²) in [5.41, 5.74) is 0.523. The molecule has 0 aliphatic rings. The lowest BCUT2D eigenvalue weighted by molar-refractivity contribution is -0.119. The molecule has 0 spiro atoms. The monoisotopic (exact) mass is 350 g/mol. The van der Waals surface area contributed by atoms with Crippen molar-refractivity contribution in [1.29, 1.82) is 0 Å². The van der Waals surface area contributed by atoms with Crippen molar-refractivity contribution in [3.05, 3.63) is 18.2 Å². The normalized spacial score (nSPS) is 11.2. The van der Waals surface area contributed by atoms with Crippen molar-refractivity contribution in [2.24, 2.45) is 0 Å². The number of carbonyl (C=O) groups is 1. The first-order valence-corrected chi connectivity index (χ1v) is 8.39. The van der Waals surface area contributed by atoms with Crippen LogP contribution < -0.4 is 14.8 Å². The third-order valence-electron chi connectivity index (χ3n) is 2.98. The number of thioether (sulfide) groups is 1. The first-order chi connectivity index (χ1) is 11.3. The Labute approximate surface area is 145 Å². The molecule has 0 aliphatic heterocycles. The molecule has 0 radical (unpaired) electrons. The molecule has 0 bridgehead atoms. The predicted molar refractivity (Wildman–Crippen MR) is 93.5 cm³/mol. The van der Waals surface area contributed by atoms with Gasteiger partial charge in [0.25, 0.3) is 0 Å². The number of aromatic nitrogens is 3. The molecule has 130 valence electrons. The van der Waals surface area contributed by atoms with Crippen molar-refractivity contribution in [3.63, 3.8) is 0 Å². The molecule has 1 aromatic carbocycles. The zero-order chi connectivity index (χ0) is 17.7. The Kier molecular flexibility index (Phi) is 5.71. The van der Waals surface area contributed by atoms with Gasteiger partial charge in [0.15, 0.2) is 5.82 Å². The van der Waals surface area contributed by atoms with Crippen LogP contribution >= 0.6 is 11.8 Å². The number of methoxy groups -OCH3 is 2. The lowest BCUT2D eigenvalue weighted by Crippen LogP contribution is -2.41. The summed E-state index contributed by atoms with van der Waals surface area (Å²) in [6, 6.07) is 5.45. The standard InChI is InChI=1S/C16H22N4O3S/c1-16(2,3)18-13(21)9-24-15-17-14(19-20-15)11-7-6-10(22-4)8-12(11)23-5/h6-8H,9H2,1-5H3,(H,18,21)(H,17,19,20). The number of hydrogen-bond donors (Lipinski definition) is 2. The molecular weight excluding hydrogens is 328 g/mol. The van der Waals surface area contributed by atoms with Crippen LogP contribution in [0.25, 0.3) is 11.4 Å². The Bertz CT molecular complexity index is 710. The number of H-pyrrole nitrogens is 1. The Morgan fingerprint density at radius 3 is 2.67 bits per heavy atom. The van der Waals surface area contributed by atoms with Gasteiger partial charge in [-0.15, -0.1) is 5.10 Å². The van der Waals surface area contributed by atoms with E-state index in [1.165, 1.54) is 11.8 Å². The zero-order valence-corrected chi connectivity index (χ0v) is 15.3. The van der Waals surface area contributed by atoms with E-state index in [9.17, 15) is 4.79 Å². The van der Waals surface area contributed by atoms with Crippen LogP contribution in [-0.4, -0.2) is 46.6 Å². The van der Waals surface area contributed by atoms with Gasteiger partial charge in [0, 0.05) is 11.6 Å². The predicted octanol–water partition coefficient (Wildman–Crippen LogP) is 2.50. The molecule has 2 N–H and O–H groups in total. The van der Waals surface area contributed by atoms with Gasteiger partial charge in [0.1, 0.15) is 11.5 Å². The minimum atomic E-state index is -0.252. The molecule has 0 saturated heterocycles. The SMILES string of the molecule is COc1ccc(-c2nc(SCC(=O)NC(C)(C)C)n[nH]2)c(OC)c1. The summed E-state index contributed by atoms with van der Waals surface area (Å²) in [6.45, 7) is 5.82. The van der Waals surface area contributed by atoms with Crippen LogP contribution in [0.4, 0.5) is 0 Å². The Hall–Kier alpha value is -2.22. The highest BCUT2D eigenvalue weighted by atomic mass is 32.2. The molecule has 0 aliphatic carbocycles. The molecule has 2 rings (SSSR count). The molecule has 0 fully saturated rings. The Morgan fingerprint density at radius 1 is 1.29 bits per heavy atom. The van der Waals surface area contributed by atoms with Gasteiger partial charge >= 0.3 is 0 Å². The lowest BCUT2D eigenvalue weighted by atomic mass is 10.1. The van der Waals surface area contributed by atoms with Crippen molar-refractivity contribution in [2.45, 2.75) is 31.5 Å². The molecule has 7 nitrogen and oxygen atoms in total. The van der Waals surface area contributed by atoms with E-state index in [0.29, 0.717) is 22.5 Å². The third kappa shape index (κ3) is 4.89. The maximum atomic E-state index is 11.8. The lowest BCUT2D eigenvalue weighted by Gasteiger charge is -2.19. The smallest absolute Gasteiger partial charge is 0.230 e. The van der Waals surface area contributed by atoms with E-state index in [4.69, 9.17) is 9.47 Å². The number of nitrogens with zero attached hydrogens (tertiary/aromatic N) is 2. The van der Waals surface area contributed by atoms with Crippen LogP contribution in [0, 0.1) is 0 Å². The van der Waals surface area contributed by atoms with Crippen molar-refractivity contribution >= 4 is 17.7 Å². The summed E-state index contributed by atoms with van der Waals surface area (Å²) < 4.78 is 10.5. The number of amides is 1. The van der Waals surface area contributed by atoms with E-state index in [0.717, 1.165) is 5.56 Å². The van der Waals surface area contributed by atoms with Crippen molar-refractivity contribution in [3.8, 4) is 22.9 Å². The van der Waals surface area contributed by atoms with E-state index in [2.05, 4.69) is 20.5 Å². The van der Waals surface area contributed by atoms with E-state index < -0.39 is 0 Å². The summed E-state index contributed by atoms with van der Waals surface area (Å²) >= 11 is 1.27. The van der Waals surface area contributed by atoms with Gasteiger partial charge in [0.2, 0.25) is 11.1 Å². The molecule has 2 aromatic rings. The highest BCUT2D eigenvalue weighted by Crippen LogP contribution is 2.31. The zero-order valence-electron chi connectivity index (χ0n) is 14.5. The van der Waals surface area contributed by atoms with Gasteiger partial charge in [-0.05, 0) is 32.9 Å². The minimum Gasteiger partial charge on any atom is -0.497 e. The van der Waals surface area contributed by atoms with Crippen molar-refractivity contribution in [2.75, 3.05) is 20.0 Å². The maximum absolute atomic E-state index is 11.8. The van der Waals surface area contributed by atoms with Crippen LogP contribution in [0.1, 0.15) is 20.8 Å². The van der Waals surface area contributed by atoms with E-state index >= 15 is 0 Å². The van der Waals surface area contributed by atoms with Gasteiger partial charge < -0.3 is 14.8 Å². The van der Waals surface area contributed by atoms with E-state index in [1.807, 2.05) is 32.9 Å². The molecule has 1 heterocycles. The van der Waals surface area contributed by atoms with Gasteiger partial charge in [0.05, 0.1) is 25.5 Å². The second-order valence-corrected chi connectivity index (χ2v) is 7.06. The van der Waals surface area contributed by atoms with Crippen LogP contribution in [-0.2, 0) is 4.79 Å². The molecule has 1 amide bonds. The van der Waals surface area contributed by atoms with Crippen LogP contribution in [0.2, 0.25) is 0 Å². The Morgan fingerprint density at radius 2 is 2.04 bits per heavy atom. The number of aromatic amines is 1. The van der Waals surface area contributed by atoms with Gasteiger partial charge in [-0.1, -0.05) is 11.8 Å². The molecular formula is C16H22N4O3S. The molecule has 0 saturated carbocycles. The van der Waals surface area contributed by atoms with Crippen LogP contribution in [0.3, 0.4) is 0 Å². The first kappa shape index (κ1) is 18.1. The van der Waals surface area contributed by atoms with Crippen molar-refractivity contribution in [1.82, 2.24) is 20.5 Å². The molecule has 0 unspecified atom stereocenters. The van der Waals surface area contributed by atoms with Crippen LogP contribution in [0.5, 0.6) is 11.5 Å². The summed E-state index contributed by atoms with van der Waals surface area (Å²) in [5.74, 6) is 2.11. The third-order valence-corrected chi connectivity index (χ3v) is 3.82. The van der Waals surface area contributed by atoms with E-state index in [1.54, 1.807) is 20.3 Å². The molecule has 1 aromatic heterocycles. The summed E-state index contributed by atoms with van der Waals surface area (Å²) in [5, 5.41) is 10.4. The number of carbonyl (C=O) groups excluding carboxylic acids is 1. The minimum absolute atomic E-state index is 0.0547. The second-order valence-electron chi connectivity index (χ2n) is 6.12. The second kappa shape index (κ2) is 7.57. The average molecular weight is 350 g/mol. The molecule has 0 atom stereocenters. The average Bonchev–Trinajstić information content (AvgIpc) is 2.99. The Balaban J connectivity index is 2.07. The van der Waals surface area contributed by atoms with Crippen molar-refractivity contribution < 1.29 is 14.3 Å². The largest absolute Gasteiger partial charge is 0.497 e. The van der Waals surface area contributed by atoms with E-state index in [-0.39, 0.29) is 17.2 Å². The summed E-state index contributed by atoms with van der Waals surface area (Å²) in [7, 11) is 3.18. The first-order valence-electron chi connectivity index (χ1n) is 7.41. The molecule has 8 heteroatoms. The van der Waals surface area contributed by atoms with Gasteiger partial charge in [-0.2, -0.15) is 0 Å². The summed E-state index contributed by atoms with van der Waals surface area (Å²) in [4.78, 5) is 16.3. The number of ether oxygens (including phenoxy) is 2. The number of hydrogen-bond acceptors (Lipinski definition) is 6. The highest BCUT2D eigenvalue weighted by Gasteiger charge is 2.16. The fraction of sp³-hybridized carbons (Fsp3) is 0.438. The number of rotatable bonds is 6. The van der Waals surface area contributed by atoms with Gasteiger partial charge in [-0.3, -0.25) is 9.89 Å². The number of nitrogens with one attached hydrogen (secondary N) is 2. The highest BCUT2D eigenvalue weighted by molar-refractivity contribution is 7.99. The maximum Gasteiger partial charge on any atom is 0.230 e. The number of benzene rings is 1. The summed E-state index contributed by atoms with van der Waals surface area (Å²) in [6.07, 6.45) is 0. The fourth-order valence-corrected chi connectivity index (χ4v) is 2.61. The molecule has 24 heavy (non-hydrogen) atoms. The van der Waals surface area contributed by atoms with Gasteiger partial charge in [-0.25, -0.2) is 4.98 Å². The fourth-order valence-electron chi connectivity index (χ4n) is 2.01. The topological polar surface area (TPSA) is 89.1 Å².